The van der Waals surface area contributed by atoms with E-state index in [9.17, 15) is 4.79 Å². The van der Waals surface area contributed by atoms with Crippen molar-refractivity contribution in [1.29, 1.82) is 0 Å². The maximum Gasteiger partial charge on any atom is 0.241 e. The fourth-order valence-corrected chi connectivity index (χ4v) is 1.16. The molecular weight excluding hydrogens is 200 g/mol. The SMILES string of the molecule is Cc1c(Cl)cccc1NC(=O)[C@H](C)N. The van der Waals surface area contributed by atoms with Crippen molar-refractivity contribution in [2.75, 3.05) is 5.32 Å². The molecule has 0 aromatic heterocycles. The van der Waals surface area contributed by atoms with Crippen LogP contribution in [0.3, 0.4) is 0 Å². The van der Waals surface area contributed by atoms with E-state index >= 15 is 0 Å². The zero-order chi connectivity index (χ0) is 10.7. The van der Waals surface area contributed by atoms with E-state index in [1.54, 1.807) is 25.1 Å². The van der Waals surface area contributed by atoms with E-state index < -0.39 is 6.04 Å². The lowest BCUT2D eigenvalue weighted by Crippen LogP contribution is -2.32. The third-order valence-electron chi connectivity index (χ3n) is 1.94. The van der Waals surface area contributed by atoms with Gasteiger partial charge in [-0.25, -0.2) is 0 Å². The third kappa shape index (κ3) is 2.47. The van der Waals surface area contributed by atoms with Crippen molar-refractivity contribution in [3.05, 3.63) is 28.8 Å². The largest absolute Gasteiger partial charge is 0.324 e. The van der Waals surface area contributed by atoms with Crippen molar-refractivity contribution in [3.8, 4) is 0 Å². The van der Waals surface area contributed by atoms with Gasteiger partial charge in [0.05, 0.1) is 6.04 Å². The molecule has 1 atom stereocenters. The number of rotatable bonds is 2. The van der Waals surface area contributed by atoms with Gasteiger partial charge in [-0.2, -0.15) is 0 Å². The summed E-state index contributed by atoms with van der Waals surface area (Å²) in [6.07, 6.45) is 0. The van der Waals surface area contributed by atoms with Gasteiger partial charge in [0, 0.05) is 10.7 Å². The highest BCUT2D eigenvalue weighted by molar-refractivity contribution is 6.31. The quantitative estimate of drug-likeness (QED) is 0.787. The van der Waals surface area contributed by atoms with Crippen molar-refractivity contribution in [3.63, 3.8) is 0 Å². The lowest BCUT2D eigenvalue weighted by Gasteiger charge is -2.10. The van der Waals surface area contributed by atoms with Gasteiger partial charge in [0.25, 0.3) is 0 Å². The van der Waals surface area contributed by atoms with E-state index in [-0.39, 0.29) is 5.91 Å². The maximum absolute atomic E-state index is 11.3. The summed E-state index contributed by atoms with van der Waals surface area (Å²) < 4.78 is 0. The van der Waals surface area contributed by atoms with Crippen LogP contribution in [0.1, 0.15) is 12.5 Å². The van der Waals surface area contributed by atoms with Crippen LogP contribution in [0.4, 0.5) is 5.69 Å². The Hall–Kier alpha value is -1.06. The standard InChI is InChI=1S/C10H13ClN2O/c1-6-8(11)4-3-5-9(6)13-10(14)7(2)12/h3-5,7H,12H2,1-2H3,(H,13,14)/t7-/m0/s1. The topological polar surface area (TPSA) is 55.1 Å². The highest BCUT2D eigenvalue weighted by atomic mass is 35.5. The number of anilines is 1. The second-order valence-corrected chi connectivity index (χ2v) is 3.60. The maximum atomic E-state index is 11.3. The van der Waals surface area contributed by atoms with Crippen LogP contribution in [0.15, 0.2) is 18.2 Å². The Morgan fingerprint density at radius 2 is 2.21 bits per heavy atom. The monoisotopic (exact) mass is 212 g/mol. The molecule has 0 unspecified atom stereocenters. The van der Waals surface area contributed by atoms with Gasteiger partial charge in [0.1, 0.15) is 0 Å². The summed E-state index contributed by atoms with van der Waals surface area (Å²) in [6.45, 7) is 3.48. The Morgan fingerprint density at radius 3 is 2.79 bits per heavy atom. The molecule has 3 nitrogen and oxygen atoms in total. The molecule has 0 saturated carbocycles. The zero-order valence-electron chi connectivity index (χ0n) is 8.17. The van der Waals surface area contributed by atoms with Crippen LogP contribution in [-0.2, 0) is 4.79 Å². The number of nitrogens with two attached hydrogens (primary N) is 1. The first-order valence-electron chi connectivity index (χ1n) is 4.34. The Labute approximate surface area is 88.2 Å². The summed E-state index contributed by atoms with van der Waals surface area (Å²) >= 11 is 5.89. The second-order valence-electron chi connectivity index (χ2n) is 3.19. The molecule has 0 saturated heterocycles. The van der Waals surface area contributed by atoms with Crippen LogP contribution >= 0.6 is 11.6 Å². The molecule has 1 aromatic rings. The number of hydrogen-bond acceptors (Lipinski definition) is 2. The average molecular weight is 213 g/mol. The lowest BCUT2D eigenvalue weighted by molar-refractivity contribution is -0.117. The first kappa shape index (κ1) is 11.0. The fourth-order valence-electron chi connectivity index (χ4n) is 0.989. The Kier molecular flexibility index (Phi) is 3.49. The normalized spacial score (nSPS) is 12.3. The van der Waals surface area contributed by atoms with Crippen LogP contribution in [0.2, 0.25) is 5.02 Å². The van der Waals surface area contributed by atoms with E-state index in [1.807, 2.05) is 6.92 Å². The van der Waals surface area contributed by atoms with Crippen molar-refractivity contribution in [2.24, 2.45) is 5.73 Å². The predicted octanol–water partition coefficient (Wildman–Crippen LogP) is 1.93. The van der Waals surface area contributed by atoms with Crippen molar-refractivity contribution in [2.45, 2.75) is 19.9 Å². The molecule has 1 amide bonds. The second kappa shape index (κ2) is 4.44. The molecule has 0 spiro atoms. The lowest BCUT2D eigenvalue weighted by atomic mass is 10.2. The summed E-state index contributed by atoms with van der Waals surface area (Å²) in [5.41, 5.74) is 6.99. The van der Waals surface area contributed by atoms with E-state index in [2.05, 4.69) is 5.32 Å². The molecule has 0 bridgehead atoms. The first-order valence-corrected chi connectivity index (χ1v) is 4.71. The van der Waals surface area contributed by atoms with Gasteiger partial charge in [-0.05, 0) is 31.5 Å². The Bertz CT molecular complexity index is 350. The highest BCUT2D eigenvalue weighted by Gasteiger charge is 2.09. The Morgan fingerprint density at radius 1 is 1.57 bits per heavy atom. The summed E-state index contributed by atoms with van der Waals surface area (Å²) in [5, 5.41) is 3.33. The summed E-state index contributed by atoms with van der Waals surface area (Å²) in [7, 11) is 0. The molecule has 0 heterocycles. The summed E-state index contributed by atoms with van der Waals surface area (Å²) in [6, 6.07) is 4.83. The smallest absolute Gasteiger partial charge is 0.241 e. The van der Waals surface area contributed by atoms with Gasteiger partial charge in [0.2, 0.25) is 5.91 Å². The molecule has 76 valence electrons. The summed E-state index contributed by atoms with van der Waals surface area (Å²) in [4.78, 5) is 11.3. The van der Waals surface area contributed by atoms with Gasteiger partial charge >= 0.3 is 0 Å². The summed E-state index contributed by atoms with van der Waals surface area (Å²) in [5.74, 6) is -0.213. The predicted molar refractivity (Wildman–Crippen MR) is 58.5 cm³/mol. The molecule has 0 aliphatic rings. The van der Waals surface area contributed by atoms with E-state index in [1.165, 1.54) is 0 Å². The number of carbonyl (C=O) groups is 1. The average Bonchev–Trinajstić information content (AvgIpc) is 2.12. The van der Waals surface area contributed by atoms with Gasteiger partial charge in [-0.3, -0.25) is 4.79 Å². The highest BCUT2D eigenvalue weighted by Crippen LogP contribution is 2.22. The van der Waals surface area contributed by atoms with Crippen molar-refractivity contribution in [1.82, 2.24) is 0 Å². The number of carbonyl (C=O) groups excluding carboxylic acids is 1. The molecule has 1 aromatic carbocycles. The van der Waals surface area contributed by atoms with Gasteiger partial charge in [0.15, 0.2) is 0 Å². The van der Waals surface area contributed by atoms with E-state index in [4.69, 9.17) is 17.3 Å². The van der Waals surface area contributed by atoms with Crippen molar-refractivity contribution < 1.29 is 4.79 Å². The number of halogens is 1. The van der Waals surface area contributed by atoms with Crippen molar-refractivity contribution >= 4 is 23.2 Å². The minimum absolute atomic E-state index is 0.213. The minimum atomic E-state index is -0.520. The van der Waals surface area contributed by atoms with Crippen LogP contribution in [0.5, 0.6) is 0 Å². The number of nitrogens with one attached hydrogen (secondary N) is 1. The Balaban J connectivity index is 2.87. The molecule has 0 aliphatic carbocycles. The molecular formula is C10H13ClN2O. The van der Waals surface area contributed by atoms with E-state index in [0.717, 1.165) is 5.56 Å². The van der Waals surface area contributed by atoms with Crippen LogP contribution in [0, 0.1) is 6.92 Å². The van der Waals surface area contributed by atoms with Gasteiger partial charge < -0.3 is 11.1 Å². The number of amides is 1. The van der Waals surface area contributed by atoms with Gasteiger partial charge in [-0.15, -0.1) is 0 Å². The first-order chi connectivity index (χ1) is 6.52. The minimum Gasteiger partial charge on any atom is -0.324 e. The van der Waals surface area contributed by atoms with Gasteiger partial charge in [-0.1, -0.05) is 17.7 Å². The van der Waals surface area contributed by atoms with Crippen LogP contribution in [0.25, 0.3) is 0 Å². The fraction of sp³-hybridized carbons (Fsp3) is 0.300. The molecule has 14 heavy (non-hydrogen) atoms. The molecule has 3 N–H and O–H groups in total. The van der Waals surface area contributed by atoms with Crippen LogP contribution < -0.4 is 11.1 Å². The molecule has 0 aliphatic heterocycles. The number of hydrogen-bond donors (Lipinski definition) is 2. The zero-order valence-corrected chi connectivity index (χ0v) is 8.93. The van der Waals surface area contributed by atoms with E-state index in [0.29, 0.717) is 10.7 Å². The molecule has 1 rings (SSSR count). The third-order valence-corrected chi connectivity index (χ3v) is 2.35. The molecule has 0 radical (unpaired) electrons. The molecule has 4 heteroatoms. The molecule has 0 fully saturated rings. The van der Waals surface area contributed by atoms with Crippen LogP contribution in [-0.4, -0.2) is 11.9 Å². The number of benzene rings is 1.